The molecule has 0 unspecified atom stereocenters. The molecule has 0 aliphatic heterocycles. The molecule has 16 heavy (non-hydrogen) atoms. The molecule has 0 aromatic carbocycles. The second kappa shape index (κ2) is 4.65. The molecule has 1 aliphatic carbocycles. The Bertz CT molecular complexity index is 344. The zero-order valence-corrected chi connectivity index (χ0v) is 9.45. The number of aromatic amines is 1. The lowest BCUT2D eigenvalue weighted by molar-refractivity contribution is -0.143. The number of hydrogen-bond acceptors (Lipinski definition) is 4. The largest absolute Gasteiger partial charge is 0.469 e. The third kappa shape index (κ3) is 2.41. The van der Waals surface area contributed by atoms with E-state index < -0.39 is 0 Å². The summed E-state index contributed by atoms with van der Waals surface area (Å²) in [6, 6.07) is 1.93. The molecular weight excluding hydrogens is 206 g/mol. The third-order valence-electron chi connectivity index (χ3n) is 3.23. The number of nitrogens with zero attached hydrogens (tertiary/aromatic N) is 1. The third-order valence-corrected chi connectivity index (χ3v) is 3.23. The predicted molar refractivity (Wildman–Crippen MR) is 58.6 cm³/mol. The number of ether oxygens (including phenoxy) is 1. The average molecular weight is 223 g/mol. The maximum absolute atomic E-state index is 11.3. The van der Waals surface area contributed by atoms with Crippen LogP contribution in [0.5, 0.6) is 0 Å². The van der Waals surface area contributed by atoms with Crippen LogP contribution >= 0.6 is 0 Å². The summed E-state index contributed by atoms with van der Waals surface area (Å²) in [4.78, 5) is 11.3. The van der Waals surface area contributed by atoms with Crippen molar-refractivity contribution in [3.05, 3.63) is 18.0 Å². The number of aromatic nitrogens is 2. The second-order valence-electron chi connectivity index (χ2n) is 4.32. The fraction of sp³-hybridized carbons (Fsp3) is 0.636. The number of carbonyl (C=O) groups excluding carboxylic acids is 1. The lowest BCUT2D eigenvalue weighted by Gasteiger charge is -2.42. The zero-order chi connectivity index (χ0) is 11.4. The molecule has 2 rings (SSSR count). The maximum atomic E-state index is 11.3. The van der Waals surface area contributed by atoms with E-state index in [2.05, 4.69) is 15.5 Å². The molecule has 0 radical (unpaired) electrons. The van der Waals surface area contributed by atoms with Crippen molar-refractivity contribution in [3.8, 4) is 0 Å². The number of H-pyrrole nitrogens is 1. The lowest BCUT2D eigenvalue weighted by Crippen LogP contribution is -2.52. The van der Waals surface area contributed by atoms with Crippen molar-refractivity contribution < 1.29 is 9.53 Å². The molecule has 1 saturated carbocycles. The standard InChI is InChI=1S/C11H17N3O2/c1-16-10(15)7-11(4-2-5-11)12-8-9-3-6-13-14-9/h3,6,12H,2,4-5,7-8H2,1H3,(H,13,14). The number of nitrogens with one attached hydrogen (secondary N) is 2. The van der Waals surface area contributed by atoms with Gasteiger partial charge >= 0.3 is 5.97 Å². The van der Waals surface area contributed by atoms with Gasteiger partial charge in [-0.05, 0) is 25.3 Å². The molecule has 88 valence electrons. The monoisotopic (exact) mass is 223 g/mol. The van der Waals surface area contributed by atoms with Crippen molar-refractivity contribution in [3.63, 3.8) is 0 Å². The normalized spacial score (nSPS) is 17.8. The SMILES string of the molecule is COC(=O)CC1(NCc2ccn[nH]2)CCC1. The molecule has 1 aromatic rings. The van der Waals surface area contributed by atoms with Crippen LogP contribution in [0, 0.1) is 0 Å². The van der Waals surface area contributed by atoms with Gasteiger partial charge < -0.3 is 10.1 Å². The van der Waals surface area contributed by atoms with Gasteiger partial charge in [0.25, 0.3) is 0 Å². The highest BCUT2D eigenvalue weighted by Crippen LogP contribution is 2.35. The van der Waals surface area contributed by atoms with Crippen molar-refractivity contribution in [2.45, 2.75) is 37.8 Å². The average Bonchev–Trinajstić information content (AvgIpc) is 2.74. The summed E-state index contributed by atoms with van der Waals surface area (Å²) >= 11 is 0. The molecule has 0 spiro atoms. The van der Waals surface area contributed by atoms with Gasteiger partial charge in [-0.15, -0.1) is 0 Å². The minimum atomic E-state index is -0.142. The first-order valence-corrected chi connectivity index (χ1v) is 5.54. The molecule has 1 aliphatic rings. The Labute approximate surface area is 94.6 Å². The fourth-order valence-corrected chi connectivity index (χ4v) is 2.03. The first kappa shape index (κ1) is 11.1. The van der Waals surface area contributed by atoms with Crippen LogP contribution in [0.4, 0.5) is 0 Å². The highest BCUT2D eigenvalue weighted by molar-refractivity contribution is 5.71. The molecule has 0 saturated heterocycles. The van der Waals surface area contributed by atoms with E-state index in [0.29, 0.717) is 6.42 Å². The Morgan fingerprint density at radius 2 is 2.50 bits per heavy atom. The van der Waals surface area contributed by atoms with Crippen molar-refractivity contribution in [2.75, 3.05) is 7.11 Å². The van der Waals surface area contributed by atoms with Crippen LogP contribution < -0.4 is 5.32 Å². The van der Waals surface area contributed by atoms with Crippen LogP contribution in [-0.2, 0) is 16.1 Å². The van der Waals surface area contributed by atoms with E-state index in [9.17, 15) is 4.79 Å². The van der Waals surface area contributed by atoms with Crippen LogP contribution in [0.1, 0.15) is 31.4 Å². The van der Waals surface area contributed by atoms with E-state index in [0.717, 1.165) is 25.1 Å². The first-order chi connectivity index (χ1) is 7.74. The van der Waals surface area contributed by atoms with E-state index >= 15 is 0 Å². The molecule has 0 bridgehead atoms. The van der Waals surface area contributed by atoms with Gasteiger partial charge in [-0.1, -0.05) is 0 Å². The summed E-state index contributed by atoms with van der Waals surface area (Å²) in [6.07, 6.45) is 5.43. The van der Waals surface area contributed by atoms with E-state index in [-0.39, 0.29) is 11.5 Å². The van der Waals surface area contributed by atoms with Gasteiger partial charge in [0.05, 0.1) is 13.5 Å². The number of esters is 1. The molecule has 1 fully saturated rings. The molecule has 5 heteroatoms. The van der Waals surface area contributed by atoms with Crippen LogP contribution in [0.15, 0.2) is 12.3 Å². The van der Waals surface area contributed by atoms with Crippen LogP contribution in [0.2, 0.25) is 0 Å². The number of rotatable bonds is 5. The summed E-state index contributed by atoms with van der Waals surface area (Å²) in [5.41, 5.74) is 0.981. The van der Waals surface area contributed by atoms with Crippen molar-refractivity contribution in [2.24, 2.45) is 0 Å². The highest BCUT2D eigenvalue weighted by Gasteiger charge is 2.38. The Morgan fingerprint density at radius 1 is 1.69 bits per heavy atom. The van der Waals surface area contributed by atoms with E-state index in [1.54, 1.807) is 6.20 Å². The smallest absolute Gasteiger partial charge is 0.307 e. The molecule has 2 N–H and O–H groups in total. The Hall–Kier alpha value is -1.36. The quantitative estimate of drug-likeness (QED) is 0.730. The molecule has 0 amide bonds. The highest BCUT2D eigenvalue weighted by atomic mass is 16.5. The summed E-state index contributed by atoms with van der Waals surface area (Å²) in [5, 5.41) is 10.2. The maximum Gasteiger partial charge on any atom is 0.307 e. The van der Waals surface area contributed by atoms with Crippen LogP contribution in [0.3, 0.4) is 0 Å². The zero-order valence-electron chi connectivity index (χ0n) is 9.45. The topological polar surface area (TPSA) is 67.0 Å². The van der Waals surface area contributed by atoms with E-state index in [4.69, 9.17) is 4.74 Å². The Morgan fingerprint density at radius 3 is 3.00 bits per heavy atom. The number of methoxy groups -OCH3 is 1. The molecule has 1 aromatic heterocycles. The van der Waals surface area contributed by atoms with Gasteiger partial charge in [0, 0.05) is 24.0 Å². The summed E-state index contributed by atoms with van der Waals surface area (Å²) < 4.78 is 4.72. The summed E-state index contributed by atoms with van der Waals surface area (Å²) in [6.45, 7) is 0.719. The minimum Gasteiger partial charge on any atom is -0.469 e. The minimum absolute atomic E-state index is 0.0573. The van der Waals surface area contributed by atoms with Crippen LogP contribution in [-0.4, -0.2) is 28.8 Å². The van der Waals surface area contributed by atoms with Crippen molar-refractivity contribution in [1.82, 2.24) is 15.5 Å². The lowest BCUT2D eigenvalue weighted by atomic mass is 9.74. The first-order valence-electron chi connectivity index (χ1n) is 5.54. The number of hydrogen-bond donors (Lipinski definition) is 2. The van der Waals surface area contributed by atoms with Gasteiger partial charge in [0.15, 0.2) is 0 Å². The Kier molecular flexibility index (Phi) is 3.24. The molecular formula is C11H17N3O2. The van der Waals surface area contributed by atoms with Crippen molar-refractivity contribution in [1.29, 1.82) is 0 Å². The van der Waals surface area contributed by atoms with E-state index in [1.165, 1.54) is 13.5 Å². The fourth-order valence-electron chi connectivity index (χ4n) is 2.03. The summed E-state index contributed by atoms with van der Waals surface area (Å²) in [7, 11) is 1.43. The molecule has 5 nitrogen and oxygen atoms in total. The van der Waals surface area contributed by atoms with Gasteiger partial charge in [-0.2, -0.15) is 5.10 Å². The van der Waals surface area contributed by atoms with Crippen LogP contribution in [0.25, 0.3) is 0 Å². The molecule has 0 atom stereocenters. The summed E-state index contributed by atoms with van der Waals surface area (Å²) in [5.74, 6) is -0.142. The van der Waals surface area contributed by atoms with E-state index in [1.807, 2.05) is 6.07 Å². The predicted octanol–water partition coefficient (Wildman–Crippen LogP) is 0.985. The van der Waals surface area contributed by atoms with Crippen molar-refractivity contribution >= 4 is 5.97 Å². The van der Waals surface area contributed by atoms with Gasteiger partial charge in [0.1, 0.15) is 0 Å². The number of carbonyl (C=O) groups is 1. The van der Waals surface area contributed by atoms with Gasteiger partial charge in [-0.25, -0.2) is 0 Å². The van der Waals surface area contributed by atoms with Gasteiger partial charge in [-0.3, -0.25) is 9.89 Å². The second-order valence-corrected chi connectivity index (χ2v) is 4.32. The molecule has 1 heterocycles. The Balaban J connectivity index is 1.87. The van der Waals surface area contributed by atoms with Gasteiger partial charge in [0.2, 0.25) is 0 Å².